The molecule has 2 rings (SSSR count). The molecular formula is C14H23NO3. The number of hydrogen-bond donors (Lipinski definition) is 1. The minimum atomic E-state index is -0.896. The van der Waals surface area contributed by atoms with Crippen molar-refractivity contribution in [2.24, 2.45) is 5.41 Å². The molecule has 1 atom stereocenters. The summed E-state index contributed by atoms with van der Waals surface area (Å²) in [5.74, 6) is -0.848. The van der Waals surface area contributed by atoms with Crippen LogP contribution in [0.2, 0.25) is 0 Å². The molecule has 4 nitrogen and oxygen atoms in total. The van der Waals surface area contributed by atoms with Crippen molar-refractivity contribution in [1.82, 2.24) is 4.90 Å². The zero-order valence-electron chi connectivity index (χ0n) is 11.2. The number of aliphatic carboxylic acids is 1. The Labute approximate surface area is 108 Å². The number of carboxylic acid groups (broad SMARTS) is 1. The van der Waals surface area contributed by atoms with Crippen LogP contribution in [0.1, 0.15) is 58.3 Å². The predicted molar refractivity (Wildman–Crippen MR) is 68.2 cm³/mol. The third kappa shape index (κ3) is 2.38. The van der Waals surface area contributed by atoms with Gasteiger partial charge in [0.1, 0.15) is 6.54 Å². The Morgan fingerprint density at radius 2 is 1.94 bits per heavy atom. The molecule has 0 aromatic rings. The lowest BCUT2D eigenvalue weighted by Gasteiger charge is -2.36. The van der Waals surface area contributed by atoms with Crippen molar-refractivity contribution >= 4 is 11.9 Å². The van der Waals surface area contributed by atoms with E-state index in [0.29, 0.717) is 6.42 Å². The average Bonchev–Trinajstić information content (AvgIpc) is 2.48. The minimum Gasteiger partial charge on any atom is -0.480 e. The molecule has 1 aliphatic carbocycles. The molecule has 4 heteroatoms. The summed E-state index contributed by atoms with van der Waals surface area (Å²) in [4.78, 5) is 24.7. The summed E-state index contributed by atoms with van der Waals surface area (Å²) >= 11 is 0. The lowest BCUT2D eigenvalue weighted by atomic mass is 9.73. The molecule has 1 N–H and O–H groups in total. The number of carboxylic acids is 1. The summed E-state index contributed by atoms with van der Waals surface area (Å²) in [5.41, 5.74) is 0.0672. The van der Waals surface area contributed by atoms with Crippen molar-refractivity contribution in [3.8, 4) is 0 Å². The zero-order valence-corrected chi connectivity index (χ0v) is 11.2. The fraction of sp³-hybridized carbons (Fsp3) is 0.857. The van der Waals surface area contributed by atoms with Crippen LogP contribution in [-0.2, 0) is 9.59 Å². The van der Waals surface area contributed by atoms with Crippen molar-refractivity contribution in [2.75, 3.05) is 6.54 Å². The predicted octanol–water partition coefficient (Wildman–Crippen LogP) is 2.42. The molecule has 0 radical (unpaired) electrons. The van der Waals surface area contributed by atoms with Crippen LogP contribution in [0.3, 0.4) is 0 Å². The Morgan fingerprint density at radius 1 is 1.33 bits per heavy atom. The molecule has 0 aromatic heterocycles. The summed E-state index contributed by atoms with van der Waals surface area (Å²) < 4.78 is 0. The van der Waals surface area contributed by atoms with E-state index in [-0.39, 0.29) is 23.9 Å². The summed E-state index contributed by atoms with van der Waals surface area (Å²) in [6.45, 7) is 1.95. The van der Waals surface area contributed by atoms with Gasteiger partial charge in [-0.15, -0.1) is 0 Å². The Morgan fingerprint density at radius 3 is 2.44 bits per heavy atom. The SMILES string of the molecule is CCC1N(CC(=O)O)C(=O)CC12CCCCCC2. The first-order valence-electron chi connectivity index (χ1n) is 7.10. The fourth-order valence-corrected chi connectivity index (χ4v) is 3.97. The number of carbonyl (C=O) groups is 2. The quantitative estimate of drug-likeness (QED) is 0.840. The zero-order chi connectivity index (χ0) is 13.2. The van der Waals surface area contributed by atoms with E-state index in [1.807, 2.05) is 0 Å². The van der Waals surface area contributed by atoms with Crippen molar-refractivity contribution in [3.05, 3.63) is 0 Å². The van der Waals surface area contributed by atoms with E-state index in [4.69, 9.17) is 5.11 Å². The van der Waals surface area contributed by atoms with E-state index in [9.17, 15) is 9.59 Å². The molecule has 0 aromatic carbocycles. The van der Waals surface area contributed by atoms with Crippen LogP contribution in [0.5, 0.6) is 0 Å². The van der Waals surface area contributed by atoms with Crippen molar-refractivity contribution in [3.63, 3.8) is 0 Å². The van der Waals surface area contributed by atoms with Gasteiger partial charge >= 0.3 is 5.97 Å². The Kier molecular flexibility index (Phi) is 3.93. The molecule has 1 saturated heterocycles. The molecule has 1 heterocycles. The molecule has 1 aliphatic heterocycles. The molecule has 2 fully saturated rings. The van der Waals surface area contributed by atoms with E-state index in [1.165, 1.54) is 25.7 Å². The monoisotopic (exact) mass is 253 g/mol. The van der Waals surface area contributed by atoms with Gasteiger partial charge in [0.05, 0.1) is 0 Å². The van der Waals surface area contributed by atoms with Crippen LogP contribution in [0.4, 0.5) is 0 Å². The Hall–Kier alpha value is -1.06. The van der Waals surface area contributed by atoms with E-state index in [0.717, 1.165) is 19.3 Å². The van der Waals surface area contributed by atoms with Crippen LogP contribution in [-0.4, -0.2) is 34.5 Å². The molecular weight excluding hydrogens is 230 g/mol. The number of carbonyl (C=O) groups excluding carboxylic acids is 1. The Bertz CT molecular complexity index is 332. The van der Waals surface area contributed by atoms with Gasteiger partial charge in [-0.1, -0.05) is 32.6 Å². The van der Waals surface area contributed by atoms with Crippen molar-refractivity contribution in [1.29, 1.82) is 0 Å². The van der Waals surface area contributed by atoms with Gasteiger partial charge < -0.3 is 10.0 Å². The van der Waals surface area contributed by atoms with Gasteiger partial charge in [0.15, 0.2) is 0 Å². The summed E-state index contributed by atoms with van der Waals surface area (Å²) in [6, 6.07) is 0.138. The number of rotatable bonds is 3. The number of hydrogen-bond acceptors (Lipinski definition) is 2. The molecule has 102 valence electrons. The first-order chi connectivity index (χ1) is 8.59. The second-order valence-electron chi connectivity index (χ2n) is 5.79. The standard InChI is InChI=1S/C14H23NO3/c1-2-11-14(7-5-3-4-6-8-14)9-12(16)15(11)10-13(17)18/h11H,2-10H2,1H3,(H,17,18). The van der Waals surface area contributed by atoms with Gasteiger partial charge in [-0.3, -0.25) is 9.59 Å². The molecule has 1 spiro atoms. The van der Waals surface area contributed by atoms with Crippen LogP contribution < -0.4 is 0 Å². The van der Waals surface area contributed by atoms with Crippen molar-refractivity contribution in [2.45, 2.75) is 64.3 Å². The number of amides is 1. The third-order valence-corrected chi connectivity index (χ3v) is 4.70. The van der Waals surface area contributed by atoms with Crippen LogP contribution in [0.25, 0.3) is 0 Å². The first-order valence-corrected chi connectivity index (χ1v) is 7.10. The van der Waals surface area contributed by atoms with Crippen molar-refractivity contribution < 1.29 is 14.7 Å². The third-order valence-electron chi connectivity index (χ3n) is 4.70. The Balaban J connectivity index is 2.20. The van der Waals surface area contributed by atoms with Crippen LogP contribution >= 0.6 is 0 Å². The summed E-state index contributed by atoms with van der Waals surface area (Å²) in [5, 5.41) is 8.95. The summed E-state index contributed by atoms with van der Waals surface area (Å²) in [7, 11) is 0. The second-order valence-corrected chi connectivity index (χ2v) is 5.79. The normalized spacial score (nSPS) is 27.5. The highest BCUT2D eigenvalue weighted by molar-refractivity contribution is 5.84. The van der Waals surface area contributed by atoms with E-state index in [2.05, 4.69) is 6.92 Å². The molecule has 0 bridgehead atoms. The first kappa shape index (κ1) is 13.4. The topological polar surface area (TPSA) is 57.6 Å². The minimum absolute atomic E-state index is 0.0474. The van der Waals surface area contributed by atoms with E-state index in [1.54, 1.807) is 4.90 Å². The van der Waals surface area contributed by atoms with Crippen LogP contribution in [0.15, 0.2) is 0 Å². The highest BCUT2D eigenvalue weighted by atomic mass is 16.4. The fourth-order valence-electron chi connectivity index (χ4n) is 3.97. The van der Waals surface area contributed by atoms with E-state index >= 15 is 0 Å². The highest BCUT2D eigenvalue weighted by Gasteiger charge is 2.50. The number of nitrogens with zero attached hydrogens (tertiary/aromatic N) is 1. The lowest BCUT2D eigenvalue weighted by Crippen LogP contribution is -2.42. The van der Waals surface area contributed by atoms with Gasteiger partial charge in [0.2, 0.25) is 5.91 Å². The molecule has 1 amide bonds. The maximum absolute atomic E-state index is 12.1. The van der Waals surface area contributed by atoms with Gasteiger partial charge in [-0.05, 0) is 24.7 Å². The van der Waals surface area contributed by atoms with Gasteiger partial charge in [0, 0.05) is 12.5 Å². The summed E-state index contributed by atoms with van der Waals surface area (Å²) in [6.07, 6.45) is 8.50. The second kappa shape index (κ2) is 5.29. The maximum atomic E-state index is 12.1. The number of likely N-dealkylation sites (tertiary alicyclic amines) is 1. The van der Waals surface area contributed by atoms with Gasteiger partial charge in [0.25, 0.3) is 0 Å². The van der Waals surface area contributed by atoms with Crippen LogP contribution in [0, 0.1) is 5.41 Å². The van der Waals surface area contributed by atoms with Gasteiger partial charge in [-0.25, -0.2) is 0 Å². The average molecular weight is 253 g/mol. The molecule has 18 heavy (non-hydrogen) atoms. The molecule has 1 unspecified atom stereocenters. The largest absolute Gasteiger partial charge is 0.480 e. The highest BCUT2D eigenvalue weighted by Crippen LogP contribution is 2.48. The van der Waals surface area contributed by atoms with E-state index < -0.39 is 5.97 Å². The lowest BCUT2D eigenvalue weighted by molar-refractivity contribution is -0.143. The van der Waals surface area contributed by atoms with Gasteiger partial charge in [-0.2, -0.15) is 0 Å². The maximum Gasteiger partial charge on any atom is 0.323 e. The molecule has 1 saturated carbocycles. The molecule has 2 aliphatic rings. The smallest absolute Gasteiger partial charge is 0.323 e.